The van der Waals surface area contributed by atoms with E-state index in [9.17, 15) is 4.79 Å². The molecule has 0 aromatic heterocycles. The summed E-state index contributed by atoms with van der Waals surface area (Å²) in [6.07, 6.45) is -0.782. The van der Waals surface area contributed by atoms with Crippen LogP contribution >= 0.6 is 22.6 Å². The van der Waals surface area contributed by atoms with Gasteiger partial charge >= 0.3 is 5.97 Å². The molecule has 22 heavy (non-hydrogen) atoms. The van der Waals surface area contributed by atoms with E-state index >= 15 is 0 Å². The number of hydrogen-bond acceptors (Lipinski definition) is 4. The summed E-state index contributed by atoms with van der Waals surface area (Å²) < 4.78 is 6.52. The molecule has 0 amide bonds. The van der Waals surface area contributed by atoms with Crippen LogP contribution in [0.25, 0.3) is 0 Å². The first-order valence-electron chi connectivity index (χ1n) is 6.58. The fourth-order valence-corrected chi connectivity index (χ4v) is 1.95. The predicted octanol–water partition coefficient (Wildman–Crippen LogP) is 2.92. The lowest BCUT2D eigenvalue weighted by Crippen LogP contribution is -2.26. The topological polar surface area (TPSA) is 73.9 Å². The number of carbonyl (C=O) groups excluding carboxylic acids is 1. The molecule has 5 nitrogen and oxygen atoms in total. The second-order valence-electron chi connectivity index (χ2n) is 4.47. The highest BCUT2D eigenvalue weighted by Crippen LogP contribution is 2.11. The van der Waals surface area contributed by atoms with Gasteiger partial charge in [-0.05, 0) is 53.8 Å². The van der Waals surface area contributed by atoms with Crippen molar-refractivity contribution in [1.29, 1.82) is 0 Å². The molecule has 2 rings (SSSR count). The van der Waals surface area contributed by atoms with E-state index in [1.807, 2.05) is 30.3 Å². The Morgan fingerprint density at radius 3 is 2.41 bits per heavy atom. The molecule has 114 valence electrons. The van der Waals surface area contributed by atoms with E-state index in [0.29, 0.717) is 11.3 Å². The molecule has 0 saturated heterocycles. The van der Waals surface area contributed by atoms with Gasteiger partial charge in [-0.3, -0.25) is 0 Å². The van der Waals surface area contributed by atoms with Crippen LogP contribution in [0.1, 0.15) is 12.5 Å². The molecule has 0 aliphatic heterocycles. The first kappa shape index (κ1) is 16.3. The smallest absolute Gasteiger partial charge is 0.374 e. The third-order valence-corrected chi connectivity index (χ3v) is 3.48. The maximum absolute atomic E-state index is 11.8. The summed E-state index contributed by atoms with van der Waals surface area (Å²) in [6, 6.07) is 16.4. The van der Waals surface area contributed by atoms with Gasteiger partial charge in [-0.15, -0.1) is 0 Å². The predicted molar refractivity (Wildman–Crippen MR) is 92.5 cm³/mol. The molecule has 2 aromatic carbocycles. The van der Waals surface area contributed by atoms with Gasteiger partial charge in [0, 0.05) is 9.13 Å². The minimum absolute atomic E-state index is 0.136. The Morgan fingerprint density at radius 1 is 1.14 bits per heavy atom. The minimum atomic E-state index is -0.782. The summed E-state index contributed by atoms with van der Waals surface area (Å²) in [6.45, 7) is 1.59. The molecule has 6 heteroatoms. The first-order valence-corrected chi connectivity index (χ1v) is 7.66. The lowest BCUT2D eigenvalue weighted by atomic mass is 10.2. The monoisotopic (exact) mass is 410 g/mol. The molecule has 0 aliphatic rings. The van der Waals surface area contributed by atoms with Crippen LogP contribution in [-0.2, 0) is 9.63 Å². The minimum Gasteiger partial charge on any atom is -0.479 e. The first-order chi connectivity index (χ1) is 10.6. The second-order valence-corrected chi connectivity index (χ2v) is 5.71. The molecule has 2 aromatic rings. The maximum Gasteiger partial charge on any atom is 0.374 e. The highest BCUT2D eigenvalue weighted by molar-refractivity contribution is 14.1. The number of oxime groups is 1. The van der Waals surface area contributed by atoms with Gasteiger partial charge in [-0.25, -0.2) is 4.79 Å². The Bertz CT molecular complexity index is 657. The van der Waals surface area contributed by atoms with Gasteiger partial charge in [0.1, 0.15) is 5.75 Å². The van der Waals surface area contributed by atoms with Gasteiger partial charge in [0.2, 0.25) is 0 Å². The summed E-state index contributed by atoms with van der Waals surface area (Å²) in [7, 11) is 0. The molecule has 0 fully saturated rings. The van der Waals surface area contributed by atoms with Crippen LogP contribution in [0.2, 0.25) is 0 Å². The SMILES string of the molecule is C[C@H](Oc1ccccc1)C(=O)ON=C(N)c1ccc(I)cc1. The number of nitrogens with two attached hydrogens (primary N) is 1. The number of nitrogens with zero attached hydrogens (tertiary/aromatic N) is 1. The summed E-state index contributed by atoms with van der Waals surface area (Å²) in [5, 5.41) is 3.65. The Kier molecular flexibility index (Phi) is 5.76. The summed E-state index contributed by atoms with van der Waals surface area (Å²) in [4.78, 5) is 16.6. The number of ether oxygens (including phenoxy) is 1. The number of benzene rings is 2. The molecule has 0 aliphatic carbocycles. The average molecular weight is 410 g/mol. The van der Waals surface area contributed by atoms with Crippen molar-refractivity contribution in [3.63, 3.8) is 0 Å². The van der Waals surface area contributed by atoms with Crippen LogP contribution in [0.15, 0.2) is 59.8 Å². The normalized spacial score (nSPS) is 12.5. The van der Waals surface area contributed by atoms with Gasteiger partial charge in [-0.2, -0.15) is 0 Å². The van der Waals surface area contributed by atoms with Crippen molar-refractivity contribution in [2.45, 2.75) is 13.0 Å². The summed E-state index contributed by atoms with van der Waals surface area (Å²) in [5.74, 6) is 0.107. The van der Waals surface area contributed by atoms with Crippen LogP contribution in [-0.4, -0.2) is 17.9 Å². The molecule has 0 heterocycles. The lowest BCUT2D eigenvalue weighted by Gasteiger charge is -2.11. The van der Waals surface area contributed by atoms with Crippen molar-refractivity contribution in [3.8, 4) is 5.75 Å². The fourth-order valence-electron chi connectivity index (χ4n) is 1.59. The Hall–Kier alpha value is -2.09. The van der Waals surface area contributed by atoms with Crippen molar-refractivity contribution in [3.05, 3.63) is 63.7 Å². The zero-order valence-electron chi connectivity index (χ0n) is 11.9. The van der Waals surface area contributed by atoms with Gasteiger partial charge in [-0.1, -0.05) is 35.5 Å². The lowest BCUT2D eigenvalue weighted by molar-refractivity contribution is -0.151. The Labute approximate surface area is 142 Å². The highest BCUT2D eigenvalue weighted by Gasteiger charge is 2.17. The number of amidine groups is 1. The summed E-state index contributed by atoms with van der Waals surface area (Å²) >= 11 is 2.19. The molecule has 0 spiro atoms. The van der Waals surface area contributed by atoms with E-state index in [-0.39, 0.29) is 5.84 Å². The van der Waals surface area contributed by atoms with Crippen LogP contribution in [0.3, 0.4) is 0 Å². The quantitative estimate of drug-likeness (QED) is 0.271. The van der Waals surface area contributed by atoms with Crippen molar-refractivity contribution in [1.82, 2.24) is 0 Å². The number of para-hydroxylation sites is 1. The fraction of sp³-hybridized carbons (Fsp3) is 0.125. The van der Waals surface area contributed by atoms with E-state index in [0.717, 1.165) is 3.57 Å². The zero-order valence-corrected chi connectivity index (χ0v) is 14.1. The van der Waals surface area contributed by atoms with Crippen LogP contribution in [0.4, 0.5) is 0 Å². The standard InChI is InChI=1S/C16H15IN2O3/c1-11(21-14-5-3-2-4-6-14)16(20)22-19-15(18)12-7-9-13(17)10-8-12/h2-11H,1H3,(H2,18,19)/t11-/m0/s1. The van der Waals surface area contributed by atoms with Gasteiger partial charge in [0.25, 0.3) is 0 Å². The molecular formula is C16H15IN2O3. The molecule has 0 unspecified atom stereocenters. The molecule has 2 N–H and O–H groups in total. The van der Waals surface area contributed by atoms with Crippen molar-refractivity contribution >= 4 is 34.4 Å². The largest absolute Gasteiger partial charge is 0.479 e. The number of rotatable bonds is 5. The van der Waals surface area contributed by atoms with Crippen molar-refractivity contribution in [2.75, 3.05) is 0 Å². The molecule has 0 bridgehead atoms. The van der Waals surface area contributed by atoms with E-state index in [1.165, 1.54) is 0 Å². The Balaban J connectivity index is 1.93. The number of halogens is 1. The van der Waals surface area contributed by atoms with Crippen LogP contribution in [0.5, 0.6) is 5.75 Å². The third-order valence-electron chi connectivity index (χ3n) is 2.76. The van der Waals surface area contributed by atoms with Crippen LogP contribution < -0.4 is 10.5 Å². The zero-order chi connectivity index (χ0) is 15.9. The van der Waals surface area contributed by atoms with Gasteiger partial charge in [0.15, 0.2) is 11.9 Å². The van der Waals surface area contributed by atoms with E-state index in [1.54, 1.807) is 31.2 Å². The van der Waals surface area contributed by atoms with Gasteiger partial charge in [0.05, 0.1) is 0 Å². The molecule has 0 saturated carbocycles. The number of hydrogen-bond donors (Lipinski definition) is 1. The van der Waals surface area contributed by atoms with E-state index < -0.39 is 12.1 Å². The molecular weight excluding hydrogens is 395 g/mol. The summed E-state index contributed by atoms with van der Waals surface area (Å²) in [5.41, 5.74) is 6.46. The Morgan fingerprint density at radius 2 is 1.77 bits per heavy atom. The highest BCUT2D eigenvalue weighted by atomic mass is 127. The maximum atomic E-state index is 11.8. The van der Waals surface area contributed by atoms with Crippen LogP contribution in [0, 0.1) is 3.57 Å². The average Bonchev–Trinajstić information content (AvgIpc) is 2.53. The molecule has 1 atom stereocenters. The van der Waals surface area contributed by atoms with Crippen molar-refractivity contribution < 1.29 is 14.4 Å². The van der Waals surface area contributed by atoms with E-state index in [2.05, 4.69) is 27.7 Å². The number of carbonyl (C=O) groups is 1. The second kappa shape index (κ2) is 7.79. The van der Waals surface area contributed by atoms with Gasteiger partial charge < -0.3 is 15.3 Å². The third kappa shape index (κ3) is 4.73. The van der Waals surface area contributed by atoms with E-state index in [4.69, 9.17) is 15.3 Å². The molecule has 0 radical (unpaired) electrons. The van der Waals surface area contributed by atoms with Crippen molar-refractivity contribution in [2.24, 2.45) is 10.9 Å².